The molecule has 240 valence electrons. The van der Waals surface area contributed by atoms with Crippen molar-refractivity contribution < 1.29 is 15.4 Å². The van der Waals surface area contributed by atoms with Crippen molar-refractivity contribution in [3.05, 3.63) is 90.0 Å². The highest BCUT2D eigenvalue weighted by Crippen LogP contribution is 2.33. The molecule has 0 atom stereocenters. The Morgan fingerprint density at radius 2 is 1.20 bits per heavy atom. The van der Waals surface area contributed by atoms with Crippen molar-refractivity contribution in [2.45, 2.75) is 84.5 Å². The molecule has 9 heteroatoms. The first-order valence-electron chi connectivity index (χ1n) is 16.4. The normalized spacial score (nSPS) is 11.2. The number of para-hydroxylation sites is 1. The molecule has 0 radical (unpaired) electrons. The Labute approximate surface area is 270 Å². The molecule has 4 aromatic carbocycles. The second-order valence-electron chi connectivity index (χ2n) is 11.9. The van der Waals surface area contributed by atoms with Crippen molar-refractivity contribution in [3.63, 3.8) is 0 Å². The molecular weight excluding hydrogens is 576 g/mol. The Morgan fingerprint density at radius 3 is 1.87 bits per heavy atom. The number of aromatic nitrogens is 6. The van der Waals surface area contributed by atoms with Gasteiger partial charge in [0.2, 0.25) is 0 Å². The topological polar surface area (TPSA) is 122 Å². The second kappa shape index (κ2) is 15.9. The number of aryl methyl sites for hydroxylation is 2. The van der Waals surface area contributed by atoms with Crippen molar-refractivity contribution in [1.29, 1.82) is 0 Å². The van der Waals surface area contributed by atoms with Crippen LogP contribution in [-0.4, -0.2) is 45.6 Å². The maximum atomic E-state index is 10.8. The van der Waals surface area contributed by atoms with Crippen molar-refractivity contribution in [2.24, 2.45) is 0 Å². The molecule has 0 aliphatic carbocycles. The summed E-state index contributed by atoms with van der Waals surface area (Å²) in [5.74, 6) is 0.485. The molecule has 0 aliphatic rings. The molecule has 0 fully saturated rings. The monoisotopic (exact) mass is 620 g/mol. The molecule has 2 aromatic heterocycles. The van der Waals surface area contributed by atoms with Gasteiger partial charge in [-0.3, -0.25) is 0 Å². The number of hydrogen-bond acceptors (Lipinski definition) is 7. The van der Waals surface area contributed by atoms with E-state index in [1.165, 1.54) is 57.8 Å². The van der Waals surface area contributed by atoms with Crippen LogP contribution in [0.5, 0.6) is 11.5 Å². The van der Waals surface area contributed by atoms with E-state index in [1.807, 2.05) is 42.5 Å². The lowest BCUT2D eigenvalue weighted by Gasteiger charge is -2.11. The van der Waals surface area contributed by atoms with Crippen LogP contribution in [0.15, 0.2) is 78.9 Å². The molecule has 0 spiro atoms. The fourth-order valence-corrected chi connectivity index (χ4v) is 5.79. The Bertz CT molecular complexity index is 1830. The largest absolute Gasteiger partial charge is 0.507 e. The highest BCUT2D eigenvalue weighted by atomic mass is 16.5. The van der Waals surface area contributed by atoms with Gasteiger partial charge in [0, 0.05) is 11.1 Å². The van der Waals surface area contributed by atoms with Gasteiger partial charge in [0.05, 0.1) is 0 Å². The summed E-state index contributed by atoms with van der Waals surface area (Å²) in [7, 11) is 0. The first-order chi connectivity index (χ1) is 22.4. The van der Waals surface area contributed by atoms with Gasteiger partial charge in [0.15, 0.2) is 0 Å². The number of phenolic OH excluding ortho intramolecular Hbond substituents is 2. The van der Waals surface area contributed by atoms with Gasteiger partial charge in [-0.25, -0.2) is 0 Å². The molecule has 0 bridgehead atoms. The Kier molecular flexibility index (Phi) is 11.2. The van der Waals surface area contributed by atoms with Gasteiger partial charge in [0.1, 0.15) is 39.3 Å². The smallest absolute Gasteiger partial charge is 0.146 e. The number of aromatic hydroxyl groups is 2. The van der Waals surface area contributed by atoms with Crippen LogP contribution in [0.1, 0.15) is 82.3 Å². The third-order valence-electron chi connectivity index (χ3n) is 8.21. The van der Waals surface area contributed by atoms with Gasteiger partial charge in [-0.2, -0.15) is 0 Å². The van der Waals surface area contributed by atoms with Gasteiger partial charge in [0.25, 0.3) is 0 Å². The zero-order valence-corrected chi connectivity index (χ0v) is 26.8. The minimum absolute atomic E-state index is 0.174. The third-order valence-corrected chi connectivity index (χ3v) is 8.21. The number of benzene rings is 4. The summed E-state index contributed by atoms with van der Waals surface area (Å²) in [6, 6.07) is 24.2. The van der Waals surface area contributed by atoms with E-state index in [4.69, 9.17) is 0 Å². The number of fused-ring (bicyclic) bond motifs is 2. The molecule has 46 heavy (non-hydrogen) atoms. The SMILES string of the molecule is CCCCCCCCCCCCc1cc(C)cc(-n2nc3ccccc3n2)c1O.Oc1ccccc1-c1cccc2nn(O)nc12. The summed E-state index contributed by atoms with van der Waals surface area (Å²) in [6.07, 6.45) is 14.1. The van der Waals surface area contributed by atoms with E-state index in [0.717, 1.165) is 40.6 Å². The number of rotatable bonds is 13. The van der Waals surface area contributed by atoms with Crippen LogP contribution in [0, 0.1) is 6.92 Å². The summed E-state index contributed by atoms with van der Waals surface area (Å²) in [5, 5.41) is 46.6. The molecule has 6 rings (SSSR count). The molecule has 0 amide bonds. The van der Waals surface area contributed by atoms with Crippen LogP contribution in [0.2, 0.25) is 0 Å². The minimum atomic E-state index is 0.174. The number of phenols is 2. The fraction of sp³-hybridized carbons (Fsp3) is 0.351. The number of unbranched alkanes of at least 4 members (excludes halogenated alkanes) is 9. The maximum Gasteiger partial charge on any atom is 0.146 e. The van der Waals surface area contributed by atoms with Crippen LogP contribution in [0.4, 0.5) is 0 Å². The van der Waals surface area contributed by atoms with E-state index in [1.54, 1.807) is 35.1 Å². The lowest BCUT2D eigenvalue weighted by atomic mass is 10.0. The van der Waals surface area contributed by atoms with Crippen LogP contribution in [-0.2, 0) is 6.42 Å². The van der Waals surface area contributed by atoms with E-state index in [9.17, 15) is 15.4 Å². The molecule has 6 aromatic rings. The molecule has 0 aliphatic heterocycles. The minimum Gasteiger partial charge on any atom is -0.507 e. The maximum absolute atomic E-state index is 10.8. The zero-order chi connectivity index (χ0) is 32.3. The van der Waals surface area contributed by atoms with Gasteiger partial charge in [-0.1, -0.05) is 113 Å². The average molecular weight is 621 g/mol. The van der Waals surface area contributed by atoms with Crippen molar-refractivity contribution in [2.75, 3.05) is 0 Å². The third kappa shape index (κ3) is 8.21. The summed E-state index contributed by atoms with van der Waals surface area (Å²) in [5.41, 5.74) is 7.00. The highest BCUT2D eigenvalue weighted by Gasteiger charge is 2.14. The quantitative estimate of drug-likeness (QED) is 0.0870. The predicted molar refractivity (Wildman–Crippen MR) is 183 cm³/mol. The van der Waals surface area contributed by atoms with E-state index in [-0.39, 0.29) is 5.75 Å². The molecule has 0 unspecified atom stereocenters. The first kappa shape index (κ1) is 32.5. The average Bonchev–Trinajstić information content (AvgIpc) is 3.67. The Balaban J connectivity index is 0.000000207. The van der Waals surface area contributed by atoms with Gasteiger partial charge >= 0.3 is 0 Å². The predicted octanol–water partition coefficient (Wildman–Crippen LogP) is 8.94. The Morgan fingerprint density at radius 1 is 0.609 bits per heavy atom. The zero-order valence-electron chi connectivity index (χ0n) is 26.8. The number of nitrogens with zero attached hydrogens (tertiary/aromatic N) is 6. The van der Waals surface area contributed by atoms with E-state index < -0.39 is 0 Å². The van der Waals surface area contributed by atoms with Crippen LogP contribution >= 0.6 is 0 Å². The van der Waals surface area contributed by atoms with Gasteiger partial charge < -0.3 is 15.4 Å². The lowest BCUT2D eigenvalue weighted by Crippen LogP contribution is -2.02. The van der Waals surface area contributed by atoms with Crippen LogP contribution < -0.4 is 0 Å². The molecular formula is C37H44N6O3. The van der Waals surface area contributed by atoms with E-state index in [2.05, 4.69) is 40.3 Å². The van der Waals surface area contributed by atoms with Gasteiger partial charge in [-0.15, -0.1) is 25.2 Å². The molecule has 9 nitrogen and oxygen atoms in total. The van der Waals surface area contributed by atoms with E-state index >= 15 is 0 Å². The summed E-state index contributed by atoms with van der Waals surface area (Å²) in [4.78, 5) is 2.10. The molecule has 3 N–H and O–H groups in total. The van der Waals surface area contributed by atoms with Crippen molar-refractivity contribution >= 4 is 22.1 Å². The highest BCUT2D eigenvalue weighted by molar-refractivity contribution is 5.92. The van der Waals surface area contributed by atoms with Crippen LogP contribution in [0.3, 0.4) is 0 Å². The van der Waals surface area contributed by atoms with Crippen LogP contribution in [0.25, 0.3) is 38.9 Å². The fourth-order valence-electron chi connectivity index (χ4n) is 5.79. The molecule has 0 saturated heterocycles. The first-order valence-corrected chi connectivity index (χ1v) is 16.4. The van der Waals surface area contributed by atoms with Gasteiger partial charge in [-0.05, 0) is 66.2 Å². The van der Waals surface area contributed by atoms with Crippen molar-refractivity contribution in [3.8, 4) is 28.3 Å². The second-order valence-corrected chi connectivity index (χ2v) is 11.9. The van der Waals surface area contributed by atoms with E-state index in [0.29, 0.717) is 33.0 Å². The summed E-state index contributed by atoms with van der Waals surface area (Å²) < 4.78 is 0. The molecule has 0 saturated carbocycles. The summed E-state index contributed by atoms with van der Waals surface area (Å²) in [6.45, 7) is 4.33. The Hall–Kier alpha value is -4.92. The summed E-state index contributed by atoms with van der Waals surface area (Å²) >= 11 is 0. The standard InChI is InChI=1S/C25H35N3O.C12H9N3O2/c1-3-4-5-6-7-8-9-10-11-12-15-21-18-20(2)19-24(25(21)29)28-26-22-16-13-14-17-23(22)27-28;16-11-7-2-1-4-8(11)9-5-3-6-10-12(9)14-15(17)13-10/h13-14,16-19,29H,3-12,15H2,1-2H3;1-7,16-17H. The lowest BCUT2D eigenvalue weighted by molar-refractivity contribution is 0.113. The van der Waals surface area contributed by atoms with Crippen molar-refractivity contribution in [1.82, 2.24) is 30.2 Å². The number of hydrogen-bond donors (Lipinski definition) is 3. The molecule has 2 heterocycles.